The van der Waals surface area contributed by atoms with Gasteiger partial charge in [0.15, 0.2) is 0 Å². The predicted octanol–water partition coefficient (Wildman–Crippen LogP) is 4.60. The molecule has 2 aromatic rings. The zero-order valence-electron chi connectivity index (χ0n) is 16.0. The molecule has 0 bridgehead atoms. The molecule has 1 fully saturated rings. The molecule has 0 aliphatic heterocycles. The monoisotopic (exact) mass is 336 g/mol. The van der Waals surface area contributed by atoms with Gasteiger partial charge in [-0.2, -0.15) is 0 Å². The molecule has 0 saturated heterocycles. The minimum atomic E-state index is 0.311. The lowest BCUT2D eigenvalue weighted by Crippen LogP contribution is -2.51. The van der Waals surface area contributed by atoms with E-state index in [0.29, 0.717) is 11.6 Å². The zero-order chi connectivity index (χ0) is 17.7. The standard InChI is InChI=1S/C23H32N2/c1-24(2)23(18-20-10-6-4-7-11-20)16-14-22(15-17-23)25(3)19-21-12-8-5-9-13-21/h4-13,22H,14-19H2,1-3H3. The normalized spacial score (nSPS) is 24.0. The maximum Gasteiger partial charge on any atom is 0.0244 e. The molecule has 1 saturated carbocycles. The second-order valence-electron chi connectivity index (χ2n) is 7.91. The highest BCUT2D eigenvalue weighted by atomic mass is 15.2. The fraction of sp³-hybridized carbons (Fsp3) is 0.478. The summed E-state index contributed by atoms with van der Waals surface area (Å²) in [4.78, 5) is 5.03. The van der Waals surface area contributed by atoms with E-state index in [0.717, 1.165) is 13.0 Å². The zero-order valence-corrected chi connectivity index (χ0v) is 16.0. The van der Waals surface area contributed by atoms with Gasteiger partial charge in [0, 0.05) is 18.1 Å². The molecule has 2 aromatic carbocycles. The van der Waals surface area contributed by atoms with E-state index in [-0.39, 0.29) is 0 Å². The molecule has 3 rings (SSSR count). The van der Waals surface area contributed by atoms with Gasteiger partial charge in [0.25, 0.3) is 0 Å². The summed E-state index contributed by atoms with van der Waals surface area (Å²) in [6, 6.07) is 22.5. The molecule has 0 radical (unpaired) electrons. The average Bonchev–Trinajstić information content (AvgIpc) is 2.64. The smallest absolute Gasteiger partial charge is 0.0244 e. The third-order valence-electron chi connectivity index (χ3n) is 6.11. The maximum absolute atomic E-state index is 2.55. The van der Waals surface area contributed by atoms with Crippen molar-refractivity contribution in [2.24, 2.45) is 0 Å². The third-order valence-corrected chi connectivity index (χ3v) is 6.11. The van der Waals surface area contributed by atoms with Crippen molar-refractivity contribution in [3.8, 4) is 0 Å². The van der Waals surface area contributed by atoms with Gasteiger partial charge in [0.1, 0.15) is 0 Å². The molecule has 2 nitrogen and oxygen atoms in total. The molecule has 0 amide bonds. The van der Waals surface area contributed by atoms with Crippen molar-refractivity contribution >= 4 is 0 Å². The maximum atomic E-state index is 2.55. The number of benzene rings is 2. The molecule has 1 aliphatic rings. The fourth-order valence-electron chi connectivity index (χ4n) is 4.34. The molecule has 1 aliphatic carbocycles. The summed E-state index contributed by atoms with van der Waals surface area (Å²) in [5.41, 5.74) is 3.19. The lowest BCUT2D eigenvalue weighted by molar-refractivity contribution is 0.0575. The van der Waals surface area contributed by atoms with Crippen molar-refractivity contribution in [1.82, 2.24) is 9.80 Å². The Morgan fingerprint density at radius 2 is 1.32 bits per heavy atom. The second-order valence-corrected chi connectivity index (χ2v) is 7.91. The van der Waals surface area contributed by atoms with E-state index in [1.807, 2.05) is 0 Å². The van der Waals surface area contributed by atoms with Crippen molar-refractivity contribution in [3.63, 3.8) is 0 Å². The van der Waals surface area contributed by atoms with Crippen LogP contribution in [0.2, 0.25) is 0 Å². The van der Waals surface area contributed by atoms with E-state index in [9.17, 15) is 0 Å². The van der Waals surface area contributed by atoms with Crippen LogP contribution in [0.15, 0.2) is 60.7 Å². The summed E-state index contributed by atoms with van der Waals surface area (Å²) in [5.74, 6) is 0. The van der Waals surface area contributed by atoms with Gasteiger partial charge in [0.05, 0.1) is 0 Å². The first-order valence-corrected chi connectivity index (χ1v) is 9.55. The van der Waals surface area contributed by atoms with E-state index < -0.39 is 0 Å². The third kappa shape index (κ3) is 4.50. The Morgan fingerprint density at radius 1 is 0.800 bits per heavy atom. The first-order chi connectivity index (χ1) is 12.1. The fourth-order valence-corrected chi connectivity index (χ4v) is 4.34. The van der Waals surface area contributed by atoms with Crippen molar-refractivity contribution in [1.29, 1.82) is 0 Å². The van der Waals surface area contributed by atoms with Crippen LogP contribution in [0.5, 0.6) is 0 Å². The lowest BCUT2D eigenvalue weighted by atomic mass is 9.74. The predicted molar refractivity (Wildman–Crippen MR) is 107 cm³/mol. The number of rotatable bonds is 6. The highest BCUT2D eigenvalue weighted by Crippen LogP contribution is 2.37. The van der Waals surface area contributed by atoms with Gasteiger partial charge >= 0.3 is 0 Å². The summed E-state index contributed by atoms with van der Waals surface area (Å²) >= 11 is 0. The van der Waals surface area contributed by atoms with E-state index in [1.165, 1.54) is 36.8 Å². The van der Waals surface area contributed by atoms with Gasteiger partial charge in [-0.3, -0.25) is 4.90 Å². The molecule has 0 atom stereocenters. The molecule has 0 N–H and O–H groups in total. The number of hydrogen-bond donors (Lipinski definition) is 0. The van der Waals surface area contributed by atoms with Gasteiger partial charge in [-0.25, -0.2) is 0 Å². The Morgan fingerprint density at radius 3 is 1.84 bits per heavy atom. The second kappa shape index (κ2) is 8.16. The van der Waals surface area contributed by atoms with Crippen LogP contribution in [0.3, 0.4) is 0 Å². The Kier molecular flexibility index (Phi) is 5.93. The molecular weight excluding hydrogens is 304 g/mol. The number of hydrogen-bond acceptors (Lipinski definition) is 2. The van der Waals surface area contributed by atoms with Crippen LogP contribution < -0.4 is 0 Å². The van der Waals surface area contributed by atoms with Crippen molar-refractivity contribution in [2.45, 2.75) is 50.2 Å². The Labute approximate surface area is 153 Å². The summed E-state index contributed by atoms with van der Waals surface area (Å²) in [7, 11) is 6.81. The summed E-state index contributed by atoms with van der Waals surface area (Å²) in [6.45, 7) is 1.05. The van der Waals surface area contributed by atoms with Crippen LogP contribution in [0.1, 0.15) is 36.8 Å². The summed E-state index contributed by atoms with van der Waals surface area (Å²) < 4.78 is 0. The molecule has 0 unspecified atom stereocenters. The molecule has 0 spiro atoms. The molecule has 0 heterocycles. The Bertz CT molecular complexity index is 628. The SMILES string of the molecule is CN(Cc1ccccc1)C1CCC(Cc2ccccc2)(N(C)C)CC1. The highest BCUT2D eigenvalue weighted by molar-refractivity contribution is 5.19. The van der Waals surface area contributed by atoms with Crippen LogP contribution in [-0.2, 0) is 13.0 Å². The number of likely N-dealkylation sites (N-methyl/N-ethyl adjacent to an activating group) is 1. The van der Waals surface area contributed by atoms with Crippen LogP contribution in [0.25, 0.3) is 0 Å². The van der Waals surface area contributed by atoms with E-state index in [4.69, 9.17) is 0 Å². The van der Waals surface area contributed by atoms with Crippen LogP contribution in [0.4, 0.5) is 0 Å². The van der Waals surface area contributed by atoms with Gasteiger partial charge in [-0.15, -0.1) is 0 Å². The van der Waals surface area contributed by atoms with Crippen molar-refractivity contribution in [3.05, 3.63) is 71.8 Å². The van der Waals surface area contributed by atoms with E-state index in [1.54, 1.807) is 0 Å². The first kappa shape index (κ1) is 18.2. The Balaban J connectivity index is 1.62. The first-order valence-electron chi connectivity index (χ1n) is 9.55. The molecule has 134 valence electrons. The molecule has 25 heavy (non-hydrogen) atoms. The lowest BCUT2D eigenvalue weighted by Gasteiger charge is -2.47. The quantitative estimate of drug-likeness (QED) is 0.760. The topological polar surface area (TPSA) is 6.48 Å². The van der Waals surface area contributed by atoms with Gasteiger partial charge < -0.3 is 4.90 Å². The molecular formula is C23H32N2. The van der Waals surface area contributed by atoms with Crippen LogP contribution in [0, 0.1) is 0 Å². The van der Waals surface area contributed by atoms with E-state index >= 15 is 0 Å². The van der Waals surface area contributed by atoms with E-state index in [2.05, 4.69) is 91.6 Å². The van der Waals surface area contributed by atoms with Crippen molar-refractivity contribution in [2.75, 3.05) is 21.1 Å². The minimum Gasteiger partial charge on any atom is -0.303 e. The molecule has 2 heteroatoms. The van der Waals surface area contributed by atoms with Gasteiger partial charge in [-0.1, -0.05) is 60.7 Å². The van der Waals surface area contributed by atoms with Gasteiger partial charge in [-0.05, 0) is 64.4 Å². The summed E-state index contributed by atoms with van der Waals surface area (Å²) in [6.07, 6.45) is 6.29. The van der Waals surface area contributed by atoms with Crippen molar-refractivity contribution < 1.29 is 0 Å². The van der Waals surface area contributed by atoms with Gasteiger partial charge in [0.2, 0.25) is 0 Å². The largest absolute Gasteiger partial charge is 0.303 e. The highest BCUT2D eigenvalue weighted by Gasteiger charge is 2.38. The van der Waals surface area contributed by atoms with Crippen LogP contribution in [-0.4, -0.2) is 42.5 Å². The summed E-state index contributed by atoms with van der Waals surface area (Å²) in [5, 5.41) is 0. The molecule has 0 aromatic heterocycles. The van der Waals surface area contributed by atoms with Crippen LogP contribution >= 0.6 is 0 Å². The number of nitrogens with zero attached hydrogens (tertiary/aromatic N) is 2. The average molecular weight is 337 g/mol. The Hall–Kier alpha value is -1.64. The minimum absolute atomic E-state index is 0.311.